The second-order valence-electron chi connectivity index (χ2n) is 5.96. The molecule has 28 heavy (non-hydrogen) atoms. The van der Waals surface area contributed by atoms with E-state index in [2.05, 4.69) is 15.6 Å². The number of nitro groups is 1. The Labute approximate surface area is 159 Å². The van der Waals surface area contributed by atoms with E-state index < -0.39 is 10.8 Å². The maximum absolute atomic E-state index is 12.6. The number of hydrogen-bond donors (Lipinski definition) is 1. The lowest BCUT2D eigenvalue weighted by molar-refractivity contribution is -0.384. The molecule has 0 radical (unpaired) electrons. The molecule has 2 aromatic carbocycles. The molecule has 0 saturated heterocycles. The molecule has 142 valence electrons. The number of rotatable bonds is 5. The topological polar surface area (TPSA) is 119 Å². The smallest absolute Gasteiger partial charge is 0.267 e. The highest BCUT2D eigenvalue weighted by atomic mass is 16.6. The van der Waals surface area contributed by atoms with Crippen molar-refractivity contribution in [3.8, 4) is 0 Å². The number of fused-ring (bicyclic) bond motifs is 1. The fourth-order valence-corrected chi connectivity index (χ4v) is 2.69. The van der Waals surface area contributed by atoms with E-state index in [-0.39, 0.29) is 16.9 Å². The van der Waals surface area contributed by atoms with Gasteiger partial charge in [-0.05, 0) is 37.6 Å². The standard InChI is InChI=1S/C19H17N5O4/c1-3-23-19(26)16-7-5-4-6-15(16)17(22-23)18(25)21-20-12(2)13-8-10-14(11-9-13)24(27)28/h4-11H,3H2,1-2H3,(H,21,25)/b20-12+. The van der Waals surface area contributed by atoms with Gasteiger partial charge in [0.15, 0.2) is 5.69 Å². The van der Waals surface area contributed by atoms with Crippen molar-refractivity contribution in [2.75, 3.05) is 0 Å². The van der Waals surface area contributed by atoms with Crippen molar-refractivity contribution in [2.45, 2.75) is 20.4 Å². The first-order valence-corrected chi connectivity index (χ1v) is 8.51. The molecule has 0 atom stereocenters. The van der Waals surface area contributed by atoms with Gasteiger partial charge in [-0.3, -0.25) is 19.7 Å². The highest BCUT2D eigenvalue weighted by molar-refractivity contribution is 6.06. The lowest BCUT2D eigenvalue weighted by Crippen LogP contribution is -2.28. The molecule has 1 aromatic heterocycles. The van der Waals surface area contributed by atoms with E-state index in [1.165, 1.54) is 16.8 Å². The molecule has 0 bridgehead atoms. The summed E-state index contributed by atoms with van der Waals surface area (Å²) in [4.78, 5) is 35.2. The largest absolute Gasteiger partial charge is 0.292 e. The minimum Gasteiger partial charge on any atom is -0.267 e. The fourth-order valence-electron chi connectivity index (χ4n) is 2.69. The third-order valence-electron chi connectivity index (χ3n) is 4.20. The molecule has 0 aliphatic carbocycles. The van der Waals surface area contributed by atoms with Gasteiger partial charge in [-0.25, -0.2) is 10.1 Å². The van der Waals surface area contributed by atoms with Crippen LogP contribution in [0.4, 0.5) is 5.69 Å². The normalized spacial score (nSPS) is 11.4. The van der Waals surface area contributed by atoms with Crippen LogP contribution in [0.25, 0.3) is 10.8 Å². The molecule has 0 spiro atoms. The molecule has 0 saturated carbocycles. The van der Waals surface area contributed by atoms with Crippen LogP contribution in [0.1, 0.15) is 29.9 Å². The molecule has 1 N–H and O–H groups in total. The van der Waals surface area contributed by atoms with Gasteiger partial charge in [0.05, 0.1) is 16.0 Å². The zero-order chi connectivity index (χ0) is 20.3. The quantitative estimate of drug-likeness (QED) is 0.415. The molecule has 0 fully saturated rings. The van der Waals surface area contributed by atoms with Gasteiger partial charge in [-0.15, -0.1) is 0 Å². The average Bonchev–Trinajstić information content (AvgIpc) is 2.72. The highest BCUT2D eigenvalue weighted by Crippen LogP contribution is 2.14. The fraction of sp³-hybridized carbons (Fsp3) is 0.158. The zero-order valence-electron chi connectivity index (χ0n) is 15.2. The molecule has 1 amide bonds. The third kappa shape index (κ3) is 3.63. The van der Waals surface area contributed by atoms with Gasteiger partial charge >= 0.3 is 0 Å². The Morgan fingerprint density at radius 1 is 1.18 bits per heavy atom. The predicted molar refractivity (Wildman–Crippen MR) is 104 cm³/mol. The Hall–Kier alpha value is -3.88. The molecule has 9 heteroatoms. The van der Waals surface area contributed by atoms with E-state index in [1.54, 1.807) is 50.2 Å². The number of nitrogens with one attached hydrogen (secondary N) is 1. The van der Waals surface area contributed by atoms with Crippen molar-refractivity contribution in [1.29, 1.82) is 0 Å². The summed E-state index contributed by atoms with van der Waals surface area (Å²) in [7, 11) is 0. The van der Waals surface area contributed by atoms with Crippen molar-refractivity contribution in [3.05, 3.63) is 80.3 Å². The zero-order valence-corrected chi connectivity index (χ0v) is 15.2. The SMILES string of the molecule is CCn1nc(C(=O)N/N=C(\C)c2ccc([N+](=O)[O-])cc2)c2ccccc2c1=O. The maximum Gasteiger partial charge on any atom is 0.292 e. The minimum absolute atomic E-state index is 0.0296. The number of nitro benzene ring substituents is 1. The number of carbonyl (C=O) groups is 1. The van der Waals surface area contributed by atoms with Gasteiger partial charge < -0.3 is 0 Å². The Bertz CT molecular complexity index is 1150. The summed E-state index contributed by atoms with van der Waals surface area (Å²) in [6.45, 7) is 3.76. The molecule has 3 aromatic rings. The van der Waals surface area contributed by atoms with Crippen molar-refractivity contribution < 1.29 is 9.72 Å². The van der Waals surface area contributed by atoms with Crippen LogP contribution in [0.15, 0.2) is 58.4 Å². The molecular weight excluding hydrogens is 362 g/mol. The number of amides is 1. The second-order valence-corrected chi connectivity index (χ2v) is 5.96. The van der Waals surface area contributed by atoms with E-state index in [0.717, 1.165) is 0 Å². The number of hydrazone groups is 1. The van der Waals surface area contributed by atoms with E-state index in [1.807, 2.05) is 0 Å². The lowest BCUT2D eigenvalue weighted by atomic mass is 10.1. The summed E-state index contributed by atoms with van der Waals surface area (Å²) < 4.78 is 1.23. The van der Waals surface area contributed by atoms with Crippen LogP contribution in [0.5, 0.6) is 0 Å². The van der Waals surface area contributed by atoms with E-state index in [9.17, 15) is 19.7 Å². The number of nitrogens with zero attached hydrogens (tertiary/aromatic N) is 4. The molecule has 1 heterocycles. The van der Waals surface area contributed by atoms with Crippen LogP contribution in [0, 0.1) is 10.1 Å². The number of aromatic nitrogens is 2. The Balaban J connectivity index is 1.91. The first kappa shape index (κ1) is 18.9. The van der Waals surface area contributed by atoms with Crippen LogP contribution in [-0.2, 0) is 6.54 Å². The van der Waals surface area contributed by atoms with Crippen molar-refractivity contribution >= 4 is 28.1 Å². The lowest BCUT2D eigenvalue weighted by Gasteiger charge is -2.09. The monoisotopic (exact) mass is 379 g/mol. The highest BCUT2D eigenvalue weighted by Gasteiger charge is 2.16. The third-order valence-corrected chi connectivity index (χ3v) is 4.20. The average molecular weight is 379 g/mol. The number of non-ortho nitro benzene ring substituents is 1. The number of hydrogen-bond acceptors (Lipinski definition) is 6. The minimum atomic E-state index is -0.556. The maximum atomic E-state index is 12.6. The first-order chi connectivity index (χ1) is 13.4. The summed E-state index contributed by atoms with van der Waals surface area (Å²) in [5, 5.41) is 19.8. The van der Waals surface area contributed by atoms with Gasteiger partial charge in [0.2, 0.25) is 0 Å². The van der Waals surface area contributed by atoms with E-state index in [4.69, 9.17) is 0 Å². The van der Waals surface area contributed by atoms with Gasteiger partial charge in [0, 0.05) is 24.1 Å². The summed E-state index contributed by atoms with van der Waals surface area (Å²) in [6.07, 6.45) is 0. The summed E-state index contributed by atoms with van der Waals surface area (Å²) in [5.74, 6) is -0.556. The summed E-state index contributed by atoms with van der Waals surface area (Å²) in [6, 6.07) is 12.6. The number of benzene rings is 2. The molecule has 9 nitrogen and oxygen atoms in total. The van der Waals surface area contributed by atoms with Gasteiger partial charge in [0.1, 0.15) is 0 Å². The van der Waals surface area contributed by atoms with Crippen LogP contribution in [0.3, 0.4) is 0 Å². The Kier molecular flexibility index (Phi) is 5.25. The van der Waals surface area contributed by atoms with Crippen molar-refractivity contribution in [2.24, 2.45) is 5.10 Å². The van der Waals surface area contributed by atoms with Gasteiger partial charge in [-0.1, -0.05) is 18.2 Å². The molecular formula is C19H17N5O4. The van der Waals surface area contributed by atoms with E-state index in [0.29, 0.717) is 28.6 Å². The van der Waals surface area contributed by atoms with Crippen LogP contribution < -0.4 is 11.0 Å². The van der Waals surface area contributed by atoms with Crippen LogP contribution in [-0.4, -0.2) is 26.3 Å². The van der Waals surface area contributed by atoms with Gasteiger partial charge in [-0.2, -0.15) is 10.2 Å². The summed E-state index contributed by atoms with van der Waals surface area (Å²) in [5.41, 5.74) is 3.33. The van der Waals surface area contributed by atoms with Crippen molar-refractivity contribution in [3.63, 3.8) is 0 Å². The van der Waals surface area contributed by atoms with Crippen LogP contribution >= 0.6 is 0 Å². The summed E-state index contributed by atoms with van der Waals surface area (Å²) >= 11 is 0. The Morgan fingerprint density at radius 2 is 1.82 bits per heavy atom. The van der Waals surface area contributed by atoms with Crippen molar-refractivity contribution in [1.82, 2.24) is 15.2 Å². The Morgan fingerprint density at radius 3 is 2.43 bits per heavy atom. The van der Waals surface area contributed by atoms with Gasteiger partial charge in [0.25, 0.3) is 17.2 Å². The molecule has 0 aliphatic heterocycles. The van der Waals surface area contributed by atoms with Crippen LogP contribution in [0.2, 0.25) is 0 Å². The first-order valence-electron chi connectivity index (χ1n) is 8.51. The number of aryl methyl sites for hydroxylation is 1. The molecule has 0 aliphatic rings. The molecule has 3 rings (SSSR count). The molecule has 0 unspecified atom stereocenters. The van der Waals surface area contributed by atoms with E-state index >= 15 is 0 Å². The number of carbonyl (C=O) groups excluding carboxylic acids is 1. The predicted octanol–water partition coefficient (Wildman–Crippen LogP) is 2.48. The second kappa shape index (κ2) is 7.78.